The third-order valence-corrected chi connectivity index (χ3v) is 28.7. The lowest BCUT2D eigenvalue weighted by Crippen LogP contribution is -2.31. The van der Waals surface area contributed by atoms with Crippen LogP contribution in [0.1, 0.15) is 91.7 Å². The molecule has 0 bridgehead atoms. The molecule has 0 aliphatic carbocycles. The van der Waals surface area contributed by atoms with Gasteiger partial charge < -0.3 is 64.2 Å². The third kappa shape index (κ3) is 21.7. The van der Waals surface area contributed by atoms with Gasteiger partial charge in [-0.05, 0) is 270 Å². The lowest BCUT2D eigenvalue weighted by molar-refractivity contribution is -0.128. The highest BCUT2D eigenvalue weighted by molar-refractivity contribution is 9.11. The van der Waals surface area contributed by atoms with Crippen LogP contribution in [0, 0.1) is 23.3 Å². The van der Waals surface area contributed by atoms with E-state index in [2.05, 4.69) is 166 Å². The monoisotopic (exact) mass is 2220 g/mol. The Bertz CT molecular complexity index is 7550. The maximum absolute atomic E-state index is 14.8. The molecule has 0 saturated carbocycles. The van der Waals surface area contributed by atoms with E-state index >= 15 is 0 Å². The Morgan fingerprint density at radius 2 is 0.585 bits per heavy atom. The van der Waals surface area contributed by atoms with Gasteiger partial charge in [0.15, 0.2) is 24.9 Å². The summed E-state index contributed by atoms with van der Waals surface area (Å²) in [5.74, 6) is -1.67. The molecule has 0 radical (unpaired) electrons. The molecule has 8 aliphatic rings. The van der Waals surface area contributed by atoms with E-state index in [4.69, 9.17) is 43.8 Å². The predicted octanol–water partition coefficient (Wildman–Crippen LogP) is 23.7. The van der Waals surface area contributed by atoms with E-state index in [9.17, 15) is 36.7 Å². The molecule has 4 saturated heterocycles. The van der Waals surface area contributed by atoms with Crippen LogP contribution < -0.4 is 21.3 Å². The van der Waals surface area contributed by atoms with E-state index in [0.717, 1.165) is 168 Å². The van der Waals surface area contributed by atoms with Gasteiger partial charge in [0.1, 0.15) is 72.5 Å². The molecule has 13 heterocycles. The van der Waals surface area contributed by atoms with Crippen LogP contribution in [0.3, 0.4) is 0 Å². The molecule has 4 atom stereocenters. The highest BCUT2D eigenvalue weighted by Crippen LogP contribution is 2.44. The minimum atomic E-state index is -0.717. The Balaban J connectivity index is 0.000000115. The van der Waals surface area contributed by atoms with Crippen LogP contribution in [0.4, 0.5) is 40.3 Å². The molecule has 740 valence electrons. The van der Waals surface area contributed by atoms with Crippen molar-refractivity contribution in [3.8, 4) is 67.8 Å². The van der Waals surface area contributed by atoms with Gasteiger partial charge in [0.25, 0.3) is 23.6 Å². The fraction of sp³-hybridized carbons (Fsp3) is 0.175. The normalized spacial score (nSPS) is 16.9. The topological polar surface area (TPSA) is 251 Å². The molecule has 16 aromatic rings. The molecule has 11 aromatic carbocycles. The van der Waals surface area contributed by atoms with Crippen molar-refractivity contribution in [1.82, 2.24) is 58.7 Å². The summed E-state index contributed by atoms with van der Waals surface area (Å²) >= 11 is 13.9. The van der Waals surface area contributed by atoms with Crippen LogP contribution in [-0.2, 0) is 89.5 Å². The van der Waals surface area contributed by atoms with E-state index in [1.165, 1.54) is 64.7 Å². The highest BCUT2D eigenvalue weighted by atomic mass is 79.9. The second kappa shape index (κ2) is 42.6. The van der Waals surface area contributed by atoms with E-state index in [0.29, 0.717) is 79.1 Å². The summed E-state index contributed by atoms with van der Waals surface area (Å²) < 4.78 is 96.1. The van der Waals surface area contributed by atoms with Crippen molar-refractivity contribution < 1.29 is 60.1 Å². The number of fused-ring (bicyclic) bond motifs is 4. The zero-order valence-corrected chi connectivity index (χ0v) is 85.4. The van der Waals surface area contributed by atoms with E-state index in [-0.39, 0.29) is 79.9 Å². The summed E-state index contributed by atoms with van der Waals surface area (Å²) in [6.45, 7) is 17.8. The van der Waals surface area contributed by atoms with E-state index < -0.39 is 24.9 Å². The number of amides is 4. The number of allylic oxidation sites excluding steroid dienone is 4. The maximum atomic E-state index is 14.8. The smallest absolute Gasteiger partial charge is 0.250 e. The number of furan rings is 1. The Labute approximate surface area is 877 Å². The van der Waals surface area contributed by atoms with E-state index in [1.807, 2.05) is 139 Å². The maximum Gasteiger partial charge on any atom is 0.250 e. The number of nitrogens with one attached hydrogen (secondary N) is 4. The Hall–Kier alpha value is -14.9. The quantitative estimate of drug-likeness (QED) is 0.0410. The summed E-state index contributed by atoms with van der Waals surface area (Å²) in [6.07, 6.45) is 14.0. The SMILES string of the molecule is C=C1Cc2cc(CCN3C(=O)CO[C@@H]3c3cn(-c4ccc(Br)cc4)nc3-c3ccc(F)cc3)c(F)cc2N1.C=C1Cc2cc(CCN3C(=O)CO[C@@H]3c3cn(-c4ccc(Br)cc4)nc3-c3ccc(F)cc3)ccc2N1.C=C1Cc2cc(CCN3C(=O)CO[C@@H]3c3cn(-c4ccc(Br)cc4)nc3-c3ccc(F)cc3)ccc2N1.C=C1Cc2cc(CCN3C(=O)CO[C@@H]3c3cn(-c4ccc(Br)cc4)nc3-c3ccoc3)ccc2N1. The largest absolute Gasteiger partial charge is 0.472 e. The van der Waals surface area contributed by atoms with Crippen molar-refractivity contribution in [2.45, 2.75) is 76.3 Å². The molecule has 147 heavy (non-hydrogen) atoms. The molecule has 4 amide bonds. The number of hydrogen-bond acceptors (Lipinski definition) is 17. The minimum Gasteiger partial charge on any atom is -0.472 e. The molecular weight excluding hydrogens is 2130 g/mol. The molecule has 5 aromatic heterocycles. The summed E-state index contributed by atoms with van der Waals surface area (Å²) in [4.78, 5) is 58.5. The number of nitrogens with zero attached hydrogens (tertiary/aromatic N) is 12. The van der Waals surface area contributed by atoms with Crippen LogP contribution in [0.15, 0.2) is 351 Å². The Morgan fingerprint density at radius 3 is 0.871 bits per heavy atom. The second-order valence-corrected chi connectivity index (χ2v) is 40.3. The van der Waals surface area contributed by atoms with Gasteiger partial charge in [-0.3, -0.25) is 19.2 Å². The van der Waals surface area contributed by atoms with Crippen molar-refractivity contribution in [2.75, 3.05) is 73.9 Å². The molecule has 0 unspecified atom stereocenters. The molecule has 0 spiro atoms. The molecule has 8 aliphatic heterocycles. The molecule has 24 rings (SSSR count). The Morgan fingerprint density at radius 1 is 0.313 bits per heavy atom. The van der Waals surface area contributed by atoms with Gasteiger partial charge in [-0.25, -0.2) is 36.3 Å². The summed E-state index contributed by atoms with van der Waals surface area (Å²) in [5, 5.41) is 32.2. The number of hydrogen-bond donors (Lipinski definition) is 4. The summed E-state index contributed by atoms with van der Waals surface area (Å²) in [7, 11) is 0. The number of rotatable bonds is 24. The lowest BCUT2D eigenvalue weighted by Gasteiger charge is -2.23. The van der Waals surface area contributed by atoms with Crippen LogP contribution in [0.2, 0.25) is 0 Å². The Kier molecular flexibility index (Phi) is 28.4. The first-order valence-electron chi connectivity index (χ1n) is 47.6. The first-order chi connectivity index (χ1) is 71.3. The van der Waals surface area contributed by atoms with Gasteiger partial charge in [-0.1, -0.05) is 133 Å². The number of ether oxygens (including phenoxy) is 4. The molecule has 25 nitrogen and oxygen atoms in total. The molecule has 4 N–H and O–H groups in total. The third-order valence-electron chi connectivity index (χ3n) is 26.6. The van der Waals surface area contributed by atoms with Gasteiger partial charge in [0.05, 0.1) is 35.3 Å². The summed E-state index contributed by atoms with van der Waals surface area (Å²) in [5.41, 5.74) is 28.6. The van der Waals surface area contributed by atoms with Crippen LogP contribution in [-0.4, -0.2) is 135 Å². The fourth-order valence-corrected chi connectivity index (χ4v) is 20.4. The average Bonchev–Trinajstić information content (AvgIpc) is 1.63. The second-order valence-electron chi connectivity index (χ2n) is 36.6. The zero-order valence-electron chi connectivity index (χ0n) is 79.1. The fourth-order valence-electron chi connectivity index (χ4n) is 19.3. The highest BCUT2D eigenvalue weighted by Gasteiger charge is 2.42. The van der Waals surface area contributed by atoms with Gasteiger partial charge >= 0.3 is 0 Å². The van der Waals surface area contributed by atoms with Gasteiger partial charge in [0, 0.05) is 185 Å². The van der Waals surface area contributed by atoms with Crippen molar-refractivity contribution >= 4 is 110 Å². The van der Waals surface area contributed by atoms with Crippen molar-refractivity contribution in [3.05, 3.63) is 437 Å². The molecular formula is C114H94Br4F4N16O9. The number of aromatic nitrogens is 8. The zero-order chi connectivity index (χ0) is 101. The molecule has 4 fully saturated rings. The number of halogens is 8. The van der Waals surface area contributed by atoms with Crippen molar-refractivity contribution in [1.29, 1.82) is 0 Å². The minimum absolute atomic E-state index is 0.00488. The standard InChI is InChI=1S/C29H23BrF2N4O2.2C29H24BrFN4O2.C27H23BrN4O3/c1-17-12-20-13-19(25(32)14-26(20)33-17)10-11-35-27(37)16-38-29(35)24-15-36(23-8-4-21(30)5-9-23)34-28(24)18-2-6-22(31)7-3-18;2*1-18-14-21-15-19(2-11-26(21)32-18)12-13-34-27(36)17-37-29(34)25-16-35(24-9-5-22(30)6-10-24)33-28(25)20-3-7-23(31)8-4-20;1-17-12-20-13-18(2-7-24(20)29-17)8-10-31-25(33)16-35-27(31)23-14-32(22-5-3-21(28)4-6-22)30-26(23)19-9-11-34-15-19/h2-9,13-15,29,33H,1,10-12,16H2;2*2-11,15-16,29,32H,1,12-14,17H2;2-7,9,11,13-15,27,29H,1,8,10,12,16H2/t3*29-;27-/m1111/s1. The van der Waals surface area contributed by atoms with Gasteiger partial charge in [-0.2, -0.15) is 20.4 Å². The lowest BCUT2D eigenvalue weighted by atomic mass is 10.0. The van der Waals surface area contributed by atoms with Crippen LogP contribution in [0.25, 0.3) is 67.8 Å². The van der Waals surface area contributed by atoms with Crippen molar-refractivity contribution in [2.24, 2.45) is 0 Å². The number of carbonyl (C=O) groups is 4. The first kappa shape index (κ1) is 98.1. The number of carbonyl (C=O) groups excluding carboxylic acids is 4. The molecule has 33 heteroatoms. The number of anilines is 4. The number of benzene rings is 11. The van der Waals surface area contributed by atoms with Gasteiger partial charge in [-0.15, -0.1) is 0 Å². The van der Waals surface area contributed by atoms with Crippen LogP contribution in [0.5, 0.6) is 0 Å². The predicted molar refractivity (Wildman–Crippen MR) is 567 cm³/mol. The van der Waals surface area contributed by atoms with E-state index in [1.54, 1.807) is 82.6 Å². The average molecular weight is 2230 g/mol. The first-order valence-corrected chi connectivity index (χ1v) is 50.8. The van der Waals surface area contributed by atoms with Gasteiger partial charge in [0.2, 0.25) is 0 Å². The van der Waals surface area contributed by atoms with Crippen LogP contribution >= 0.6 is 63.7 Å². The summed E-state index contributed by atoms with van der Waals surface area (Å²) in [6, 6.07) is 73.8. The van der Waals surface area contributed by atoms with Crippen molar-refractivity contribution in [3.63, 3.8) is 0 Å².